The van der Waals surface area contributed by atoms with Crippen LogP contribution in [0.3, 0.4) is 0 Å². The summed E-state index contributed by atoms with van der Waals surface area (Å²) < 4.78 is 0. The summed E-state index contributed by atoms with van der Waals surface area (Å²) in [6.45, 7) is 5.66. The Hall–Kier alpha value is -2.13. The summed E-state index contributed by atoms with van der Waals surface area (Å²) in [6, 6.07) is 14.3. The molecule has 0 radical (unpaired) electrons. The molecule has 2 aromatic rings. The molecule has 1 amide bonds. The van der Waals surface area contributed by atoms with Crippen LogP contribution in [0.4, 0.5) is 0 Å². The zero-order chi connectivity index (χ0) is 16.4. The van der Waals surface area contributed by atoms with Crippen molar-refractivity contribution >= 4 is 5.91 Å². The fraction of sp³-hybridized carbons (Fsp3) is 0.350. The van der Waals surface area contributed by atoms with Gasteiger partial charge in [0.15, 0.2) is 0 Å². The number of amides is 1. The summed E-state index contributed by atoms with van der Waals surface area (Å²) in [6.07, 6.45) is 1.99. The van der Waals surface area contributed by atoms with Crippen LogP contribution in [-0.2, 0) is 0 Å². The second-order valence-corrected chi connectivity index (χ2v) is 6.50. The van der Waals surface area contributed by atoms with Crippen LogP contribution in [0.5, 0.6) is 0 Å². The number of likely N-dealkylation sites (tertiary alicyclic amines) is 1. The Kier molecular flexibility index (Phi) is 4.49. The molecule has 120 valence electrons. The van der Waals surface area contributed by atoms with Gasteiger partial charge in [0.1, 0.15) is 0 Å². The number of benzene rings is 2. The molecule has 1 heterocycles. The van der Waals surface area contributed by atoms with Gasteiger partial charge in [-0.15, -0.1) is 0 Å². The van der Waals surface area contributed by atoms with E-state index in [2.05, 4.69) is 32.0 Å². The smallest absolute Gasteiger partial charge is 0.254 e. The predicted molar refractivity (Wildman–Crippen MR) is 94.5 cm³/mol. The minimum atomic E-state index is 0.0916. The van der Waals surface area contributed by atoms with Gasteiger partial charge >= 0.3 is 0 Å². The van der Waals surface area contributed by atoms with Crippen LogP contribution in [0, 0.1) is 13.8 Å². The Morgan fingerprint density at radius 3 is 2.65 bits per heavy atom. The van der Waals surface area contributed by atoms with Gasteiger partial charge in [-0.25, -0.2) is 0 Å². The van der Waals surface area contributed by atoms with E-state index in [-0.39, 0.29) is 11.9 Å². The summed E-state index contributed by atoms with van der Waals surface area (Å²) in [5.41, 5.74) is 11.4. The molecule has 0 bridgehead atoms. The SMILES string of the molecule is Cc1ccc(-c2ccccc2C(=O)N2CCCC(N)C2)cc1C. The molecule has 0 spiro atoms. The lowest BCUT2D eigenvalue weighted by Gasteiger charge is -2.31. The van der Waals surface area contributed by atoms with Crippen LogP contribution >= 0.6 is 0 Å². The van der Waals surface area contributed by atoms with Gasteiger partial charge in [0.25, 0.3) is 5.91 Å². The highest BCUT2D eigenvalue weighted by molar-refractivity contribution is 6.01. The van der Waals surface area contributed by atoms with Crippen molar-refractivity contribution < 1.29 is 4.79 Å². The van der Waals surface area contributed by atoms with Crippen LogP contribution in [-0.4, -0.2) is 29.9 Å². The largest absolute Gasteiger partial charge is 0.337 e. The number of piperidine rings is 1. The minimum Gasteiger partial charge on any atom is -0.337 e. The summed E-state index contributed by atoms with van der Waals surface area (Å²) in [5, 5.41) is 0. The van der Waals surface area contributed by atoms with Crippen LogP contribution in [0.15, 0.2) is 42.5 Å². The van der Waals surface area contributed by atoms with Crippen LogP contribution in [0.25, 0.3) is 11.1 Å². The number of rotatable bonds is 2. The molecule has 3 nitrogen and oxygen atoms in total. The van der Waals surface area contributed by atoms with Crippen molar-refractivity contribution in [3.63, 3.8) is 0 Å². The molecule has 1 unspecified atom stereocenters. The van der Waals surface area contributed by atoms with Gasteiger partial charge in [-0.05, 0) is 55.0 Å². The number of carbonyl (C=O) groups excluding carboxylic acids is 1. The highest BCUT2D eigenvalue weighted by Gasteiger charge is 2.24. The van der Waals surface area contributed by atoms with Gasteiger partial charge in [0, 0.05) is 24.7 Å². The van der Waals surface area contributed by atoms with Crippen molar-refractivity contribution in [1.29, 1.82) is 0 Å². The maximum absolute atomic E-state index is 13.0. The summed E-state index contributed by atoms with van der Waals surface area (Å²) in [5.74, 6) is 0.0916. The van der Waals surface area contributed by atoms with Crippen LogP contribution in [0.1, 0.15) is 34.3 Å². The lowest BCUT2D eigenvalue weighted by molar-refractivity contribution is 0.0709. The number of hydrogen-bond acceptors (Lipinski definition) is 2. The van der Waals surface area contributed by atoms with E-state index in [1.807, 2.05) is 29.2 Å². The first kappa shape index (κ1) is 15.8. The Bertz CT molecular complexity index is 723. The van der Waals surface area contributed by atoms with E-state index in [1.165, 1.54) is 11.1 Å². The molecule has 3 heteroatoms. The quantitative estimate of drug-likeness (QED) is 0.922. The molecule has 0 aromatic heterocycles. The summed E-state index contributed by atoms with van der Waals surface area (Å²) in [4.78, 5) is 14.9. The van der Waals surface area contributed by atoms with Crippen molar-refractivity contribution in [2.45, 2.75) is 32.7 Å². The van der Waals surface area contributed by atoms with Crippen molar-refractivity contribution in [3.05, 3.63) is 59.2 Å². The molecule has 1 aliphatic rings. The zero-order valence-corrected chi connectivity index (χ0v) is 13.9. The lowest BCUT2D eigenvalue weighted by Crippen LogP contribution is -2.45. The maximum atomic E-state index is 13.0. The van der Waals surface area contributed by atoms with E-state index in [9.17, 15) is 4.79 Å². The number of aryl methyl sites for hydroxylation is 2. The topological polar surface area (TPSA) is 46.3 Å². The first-order valence-corrected chi connectivity index (χ1v) is 8.28. The van der Waals surface area contributed by atoms with Gasteiger partial charge in [-0.1, -0.05) is 36.4 Å². The molecular formula is C20H24N2O. The summed E-state index contributed by atoms with van der Waals surface area (Å²) in [7, 11) is 0. The predicted octanol–water partition coefficient (Wildman–Crippen LogP) is 3.53. The number of nitrogens with zero attached hydrogens (tertiary/aromatic N) is 1. The third-order valence-electron chi connectivity index (χ3n) is 4.72. The first-order valence-electron chi connectivity index (χ1n) is 8.28. The van der Waals surface area contributed by atoms with E-state index in [4.69, 9.17) is 5.73 Å². The molecule has 0 aliphatic carbocycles. The molecular weight excluding hydrogens is 284 g/mol. The lowest BCUT2D eigenvalue weighted by atomic mass is 9.95. The standard InChI is InChI=1S/C20H24N2O/c1-14-9-10-16(12-15(14)2)18-7-3-4-8-19(18)20(23)22-11-5-6-17(21)13-22/h3-4,7-10,12,17H,5-6,11,13,21H2,1-2H3. The van der Waals surface area contributed by atoms with Crippen molar-refractivity contribution in [3.8, 4) is 11.1 Å². The van der Waals surface area contributed by atoms with E-state index in [1.54, 1.807) is 0 Å². The maximum Gasteiger partial charge on any atom is 0.254 e. The van der Waals surface area contributed by atoms with E-state index >= 15 is 0 Å². The van der Waals surface area contributed by atoms with E-state index < -0.39 is 0 Å². The molecule has 1 saturated heterocycles. The van der Waals surface area contributed by atoms with Crippen LogP contribution < -0.4 is 5.73 Å². The highest BCUT2D eigenvalue weighted by atomic mass is 16.2. The second kappa shape index (κ2) is 6.55. The Morgan fingerprint density at radius 2 is 1.91 bits per heavy atom. The number of nitrogens with two attached hydrogens (primary N) is 1. The second-order valence-electron chi connectivity index (χ2n) is 6.50. The molecule has 3 rings (SSSR count). The average molecular weight is 308 g/mol. The molecule has 1 aliphatic heterocycles. The molecule has 2 aromatic carbocycles. The van der Waals surface area contributed by atoms with Gasteiger partial charge in [0.05, 0.1) is 0 Å². The van der Waals surface area contributed by atoms with Gasteiger partial charge < -0.3 is 10.6 Å². The van der Waals surface area contributed by atoms with Crippen LogP contribution in [0.2, 0.25) is 0 Å². The number of hydrogen-bond donors (Lipinski definition) is 1. The van der Waals surface area contributed by atoms with E-state index in [0.29, 0.717) is 6.54 Å². The average Bonchev–Trinajstić information content (AvgIpc) is 2.57. The Balaban J connectivity index is 1.97. The fourth-order valence-electron chi connectivity index (χ4n) is 3.20. The monoisotopic (exact) mass is 308 g/mol. The Labute approximate surface area is 138 Å². The molecule has 2 N–H and O–H groups in total. The zero-order valence-electron chi connectivity index (χ0n) is 13.9. The third kappa shape index (κ3) is 3.30. The normalized spacial score (nSPS) is 18.0. The third-order valence-corrected chi connectivity index (χ3v) is 4.72. The van der Waals surface area contributed by atoms with Crippen molar-refractivity contribution in [2.24, 2.45) is 5.73 Å². The fourth-order valence-corrected chi connectivity index (χ4v) is 3.20. The Morgan fingerprint density at radius 1 is 1.13 bits per heavy atom. The number of carbonyl (C=O) groups is 1. The van der Waals surface area contributed by atoms with Gasteiger partial charge in [-0.2, -0.15) is 0 Å². The molecule has 23 heavy (non-hydrogen) atoms. The van der Waals surface area contributed by atoms with E-state index in [0.717, 1.165) is 36.1 Å². The van der Waals surface area contributed by atoms with Crippen molar-refractivity contribution in [2.75, 3.05) is 13.1 Å². The van der Waals surface area contributed by atoms with Crippen molar-refractivity contribution in [1.82, 2.24) is 4.90 Å². The molecule has 1 fully saturated rings. The highest BCUT2D eigenvalue weighted by Crippen LogP contribution is 2.27. The minimum absolute atomic E-state index is 0.0916. The molecule has 0 saturated carbocycles. The molecule has 1 atom stereocenters. The summed E-state index contributed by atoms with van der Waals surface area (Å²) >= 11 is 0. The first-order chi connectivity index (χ1) is 11.1. The van der Waals surface area contributed by atoms with Gasteiger partial charge in [-0.3, -0.25) is 4.79 Å². The van der Waals surface area contributed by atoms with Gasteiger partial charge in [0.2, 0.25) is 0 Å².